The molecule has 1 heterocycles. The SMILES string of the molecule is CCC1CCCCCN1C(=O)CC(N)c1ccccc1. The van der Waals surface area contributed by atoms with Crippen molar-refractivity contribution >= 4 is 5.91 Å². The summed E-state index contributed by atoms with van der Waals surface area (Å²) >= 11 is 0. The highest BCUT2D eigenvalue weighted by atomic mass is 16.2. The Balaban J connectivity index is 1.99. The molecule has 0 aliphatic carbocycles. The van der Waals surface area contributed by atoms with Gasteiger partial charge in [-0.1, -0.05) is 50.1 Å². The van der Waals surface area contributed by atoms with Crippen molar-refractivity contribution in [1.29, 1.82) is 0 Å². The van der Waals surface area contributed by atoms with E-state index in [0.29, 0.717) is 12.5 Å². The van der Waals surface area contributed by atoms with Crippen molar-refractivity contribution < 1.29 is 4.79 Å². The third-order valence-electron chi connectivity index (χ3n) is 4.29. The van der Waals surface area contributed by atoms with Gasteiger partial charge in [0.15, 0.2) is 0 Å². The van der Waals surface area contributed by atoms with Crippen molar-refractivity contribution in [2.45, 2.75) is 57.5 Å². The van der Waals surface area contributed by atoms with Gasteiger partial charge in [-0.25, -0.2) is 0 Å². The van der Waals surface area contributed by atoms with Gasteiger partial charge in [0.2, 0.25) is 5.91 Å². The molecule has 1 amide bonds. The lowest BCUT2D eigenvalue weighted by molar-refractivity contribution is -0.134. The molecule has 3 heteroatoms. The second-order valence-corrected chi connectivity index (χ2v) is 5.72. The molecule has 0 aromatic heterocycles. The molecule has 1 aliphatic rings. The van der Waals surface area contributed by atoms with E-state index in [1.165, 1.54) is 12.8 Å². The summed E-state index contributed by atoms with van der Waals surface area (Å²) in [5, 5.41) is 0. The zero-order chi connectivity index (χ0) is 14.4. The molecule has 110 valence electrons. The predicted molar refractivity (Wildman–Crippen MR) is 82.2 cm³/mol. The third kappa shape index (κ3) is 3.83. The number of rotatable bonds is 4. The Kier molecular flexibility index (Phi) is 5.60. The van der Waals surface area contributed by atoms with Crippen LogP contribution in [0.5, 0.6) is 0 Å². The van der Waals surface area contributed by atoms with E-state index in [-0.39, 0.29) is 11.9 Å². The van der Waals surface area contributed by atoms with Crippen LogP contribution in [-0.4, -0.2) is 23.4 Å². The fourth-order valence-electron chi connectivity index (χ4n) is 3.05. The summed E-state index contributed by atoms with van der Waals surface area (Å²) in [5.41, 5.74) is 7.23. The predicted octanol–water partition coefficient (Wildman–Crippen LogP) is 3.26. The number of carbonyl (C=O) groups excluding carboxylic acids is 1. The Morgan fingerprint density at radius 2 is 2.05 bits per heavy atom. The average molecular weight is 274 g/mol. The first-order chi connectivity index (χ1) is 9.72. The van der Waals surface area contributed by atoms with Gasteiger partial charge in [0, 0.05) is 25.0 Å². The van der Waals surface area contributed by atoms with Crippen molar-refractivity contribution in [2.24, 2.45) is 5.73 Å². The minimum atomic E-state index is -0.190. The fraction of sp³-hybridized carbons (Fsp3) is 0.588. The van der Waals surface area contributed by atoms with Gasteiger partial charge in [0.1, 0.15) is 0 Å². The van der Waals surface area contributed by atoms with Crippen molar-refractivity contribution in [3.63, 3.8) is 0 Å². The molecule has 0 spiro atoms. The van der Waals surface area contributed by atoms with Crippen LogP contribution in [0, 0.1) is 0 Å². The van der Waals surface area contributed by atoms with E-state index >= 15 is 0 Å². The molecule has 1 aromatic rings. The Morgan fingerprint density at radius 1 is 1.30 bits per heavy atom. The molecule has 3 nitrogen and oxygen atoms in total. The molecule has 2 N–H and O–H groups in total. The van der Waals surface area contributed by atoms with E-state index in [2.05, 4.69) is 11.8 Å². The third-order valence-corrected chi connectivity index (χ3v) is 4.29. The van der Waals surface area contributed by atoms with Gasteiger partial charge in [-0.3, -0.25) is 4.79 Å². The first kappa shape index (κ1) is 15.0. The number of benzene rings is 1. The molecule has 2 rings (SSSR count). The number of hydrogen-bond acceptors (Lipinski definition) is 2. The second kappa shape index (κ2) is 7.44. The summed E-state index contributed by atoms with van der Waals surface area (Å²) in [4.78, 5) is 14.6. The zero-order valence-electron chi connectivity index (χ0n) is 12.4. The Labute approximate surface area is 122 Å². The number of amides is 1. The number of nitrogens with two attached hydrogens (primary N) is 1. The summed E-state index contributed by atoms with van der Waals surface area (Å²) in [5.74, 6) is 0.218. The molecule has 1 saturated heterocycles. The molecular weight excluding hydrogens is 248 g/mol. The summed E-state index contributed by atoms with van der Waals surface area (Å²) < 4.78 is 0. The lowest BCUT2D eigenvalue weighted by Gasteiger charge is -2.30. The monoisotopic (exact) mass is 274 g/mol. The van der Waals surface area contributed by atoms with Crippen LogP contribution in [0.1, 0.15) is 57.1 Å². The van der Waals surface area contributed by atoms with Gasteiger partial charge in [-0.15, -0.1) is 0 Å². The smallest absolute Gasteiger partial charge is 0.224 e. The fourth-order valence-corrected chi connectivity index (χ4v) is 3.05. The Morgan fingerprint density at radius 3 is 2.75 bits per heavy atom. The van der Waals surface area contributed by atoms with Crippen molar-refractivity contribution in [2.75, 3.05) is 6.54 Å². The van der Waals surface area contributed by atoms with Crippen LogP contribution in [-0.2, 0) is 4.79 Å². The normalized spacial score (nSPS) is 21.3. The Bertz CT molecular complexity index is 418. The van der Waals surface area contributed by atoms with Gasteiger partial charge in [0.25, 0.3) is 0 Å². The lowest BCUT2D eigenvalue weighted by Crippen LogP contribution is -2.40. The second-order valence-electron chi connectivity index (χ2n) is 5.72. The molecule has 1 fully saturated rings. The molecule has 2 unspecified atom stereocenters. The van der Waals surface area contributed by atoms with Gasteiger partial charge in [-0.2, -0.15) is 0 Å². The largest absolute Gasteiger partial charge is 0.340 e. The van der Waals surface area contributed by atoms with Crippen LogP contribution in [0.25, 0.3) is 0 Å². The number of nitrogens with zero attached hydrogens (tertiary/aromatic N) is 1. The topological polar surface area (TPSA) is 46.3 Å². The number of likely N-dealkylation sites (tertiary alicyclic amines) is 1. The molecule has 2 atom stereocenters. The van der Waals surface area contributed by atoms with E-state index in [4.69, 9.17) is 5.73 Å². The molecular formula is C17H26N2O. The zero-order valence-corrected chi connectivity index (χ0v) is 12.4. The van der Waals surface area contributed by atoms with Gasteiger partial charge in [-0.05, 0) is 24.8 Å². The van der Waals surface area contributed by atoms with E-state index in [1.807, 2.05) is 30.3 Å². The van der Waals surface area contributed by atoms with Crippen molar-refractivity contribution in [1.82, 2.24) is 4.90 Å². The Hall–Kier alpha value is -1.35. The molecule has 0 saturated carbocycles. The average Bonchev–Trinajstić information content (AvgIpc) is 2.73. The summed E-state index contributed by atoms with van der Waals surface area (Å²) in [6, 6.07) is 10.1. The highest BCUT2D eigenvalue weighted by Crippen LogP contribution is 2.22. The standard InChI is InChI=1S/C17H26N2O/c1-2-15-11-7-4-8-12-19(15)17(20)13-16(18)14-9-5-3-6-10-14/h3,5-6,9-10,15-16H,2,4,7-8,11-13,18H2,1H3. The highest BCUT2D eigenvalue weighted by molar-refractivity contribution is 5.77. The van der Waals surface area contributed by atoms with Gasteiger partial charge in [0.05, 0.1) is 0 Å². The summed E-state index contributed by atoms with van der Waals surface area (Å²) in [6.45, 7) is 3.08. The maximum Gasteiger partial charge on any atom is 0.224 e. The summed E-state index contributed by atoms with van der Waals surface area (Å²) in [7, 11) is 0. The minimum absolute atomic E-state index is 0.190. The first-order valence-electron chi connectivity index (χ1n) is 7.82. The van der Waals surface area contributed by atoms with Crippen molar-refractivity contribution in [3.8, 4) is 0 Å². The van der Waals surface area contributed by atoms with Crippen molar-refractivity contribution in [3.05, 3.63) is 35.9 Å². The van der Waals surface area contributed by atoms with E-state index in [9.17, 15) is 4.79 Å². The van der Waals surface area contributed by atoms with E-state index < -0.39 is 0 Å². The summed E-state index contributed by atoms with van der Waals surface area (Å²) in [6.07, 6.45) is 6.22. The quantitative estimate of drug-likeness (QED) is 0.916. The van der Waals surface area contributed by atoms with Crippen LogP contribution < -0.4 is 5.73 Å². The number of hydrogen-bond donors (Lipinski definition) is 1. The highest BCUT2D eigenvalue weighted by Gasteiger charge is 2.25. The van der Waals surface area contributed by atoms with Crippen LogP contribution in [0.2, 0.25) is 0 Å². The van der Waals surface area contributed by atoms with Crippen LogP contribution >= 0.6 is 0 Å². The molecule has 20 heavy (non-hydrogen) atoms. The minimum Gasteiger partial charge on any atom is -0.340 e. The van der Waals surface area contributed by atoms with Crippen LogP contribution in [0.3, 0.4) is 0 Å². The van der Waals surface area contributed by atoms with E-state index in [0.717, 1.165) is 31.4 Å². The maximum atomic E-state index is 12.5. The van der Waals surface area contributed by atoms with Gasteiger partial charge >= 0.3 is 0 Å². The molecule has 0 radical (unpaired) electrons. The molecule has 1 aromatic carbocycles. The lowest BCUT2D eigenvalue weighted by atomic mass is 10.0. The molecule has 1 aliphatic heterocycles. The van der Waals surface area contributed by atoms with Crippen LogP contribution in [0.4, 0.5) is 0 Å². The van der Waals surface area contributed by atoms with E-state index in [1.54, 1.807) is 0 Å². The molecule has 0 bridgehead atoms. The van der Waals surface area contributed by atoms with Crippen LogP contribution in [0.15, 0.2) is 30.3 Å². The first-order valence-corrected chi connectivity index (χ1v) is 7.82. The number of carbonyl (C=O) groups is 1. The maximum absolute atomic E-state index is 12.5. The van der Waals surface area contributed by atoms with Gasteiger partial charge < -0.3 is 10.6 Å².